The minimum absolute atomic E-state index is 0. The van der Waals surface area contributed by atoms with E-state index < -0.39 is 0 Å². The average Bonchev–Trinajstić information content (AvgIpc) is 2.31. The quantitative estimate of drug-likeness (QED) is 0.823. The van der Waals surface area contributed by atoms with Crippen molar-refractivity contribution in [3.63, 3.8) is 0 Å². The average molecular weight is 262 g/mol. The number of hydrogen-bond donors (Lipinski definition) is 1. The number of nitrogens with two attached hydrogens (primary N) is 1. The van der Waals surface area contributed by atoms with Crippen molar-refractivity contribution in [3.8, 4) is 0 Å². The smallest absolute Gasteiger partial charge is 0.0549 e. The standard InChI is InChI=1S/C11H16ClN3.ClH/c12-15-7-6-14(9-11(15)8-13)10-4-2-1-3-5-10;/h1-5,11H,6-9,13H2;1H. The van der Waals surface area contributed by atoms with Gasteiger partial charge in [0.2, 0.25) is 0 Å². The van der Waals surface area contributed by atoms with Crippen molar-refractivity contribution in [2.45, 2.75) is 6.04 Å². The molecule has 2 rings (SSSR count). The molecule has 0 saturated carbocycles. The van der Waals surface area contributed by atoms with Gasteiger partial charge in [0.25, 0.3) is 0 Å². The third kappa shape index (κ3) is 3.01. The molecule has 3 nitrogen and oxygen atoms in total. The summed E-state index contributed by atoms with van der Waals surface area (Å²) in [5.41, 5.74) is 6.93. The summed E-state index contributed by atoms with van der Waals surface area (Å²) >= 11 is 6.06. The van der Waals surface area contributed by atoms with Gasteiger partial charge in [-0.15, -0.1) is 12.4 Å². The van der Waals surface area contributed by atoms with Gasteiger partial charge in [0.15, 0.2) is 0 Å². The zero-order chi connectivity index (χ0) is 10.7. The van der Waals surface area contributed by atoms with Crippen LogP contribution in [0.25, 0.3) is 0 Å². The number of nitrogens with zero attached hydrogens (tertiary/aromatic N) is 2. The summed E-state index contributed by atoms with van der Waals surface area (Å²) in [6.07, 6.45) is 0. The van der Waals surface area contributed by atoms with Gasteiger partial charge in [-0.25, -0.2) is 4.42 Å². The summed E-state index contributed by atoms with van der Waals surface area (Å²) in [5, 5.41) is 0. The molecule has 5 heteroatoms. The Morgan fingerprint density at radius 1 is 1.25 bits per heavy atom. The van der Waals surface area contributed by atoms with E-state index in [0.29, 0.717) is 6.54 Å². The van der Waals surface area contributed by atoms with Crippen LogP contribution in [0.5, 0.6) is 0 Å². The Morgan fingerprint density at radius 2 is 1.94 bits per heavy atom. The summed E-state index contributed by atoms with van der Waals surface area (Å²) in [7, 11) is 0. The third-order valence-corrected chi connectivity index (χ3v) is 3.25. The van der Waals surface area contributed by atoms with Crippen LogP contribution >= 0.6 is 24.2 Å². The monoisotopic (exact) mass is 261 g/mol. The van der Waals surface area contributed by atoms with Crippen molar-refractivity contribution < 1.29 is 0 Å². The first-order valence-electron chi connectivity index (χ1n) is 5.23. The number of hydrogen-bond acceptors (Lipinski definition) is 3. The van der Waals surface area contributed by atoms with E-state index in [4.69, 9.17) is 17.5 Å². The molecule has 1 fully saturated rings. The predicted molar refractivity (Wildman–Crippen MR) is 71.3 cm³/mol. The summed E-state index contributed by atoms with van der Waals surface area (Å²) in [6.45, 7) is 3.33. The molecule has 0 bridgehead atoms. The van der Waals surface area contributed by atoms with Crippen LogP contribution < -0.4 is 10.6 Å². The van der Waals surface area contributed by atoms with E-state index in [0.717, 1.165) is 19.6 Å². The minimum atomic E-state index is 0. The lowest BCUT2D eigenvalue weighted by atomic mass is 10.2. The van der Waals surface area contributed by atoms with Gasteiger partial charge < -0.3 is 10.6 Å². The summed E-state index contributed by atoms with van der Waals surface area (Å²) in [4.78, 5) is 2.33. The third-order valence-electron chi connectivity index (χ3n) is 2.80. The van der Waals surface area contributed by atoms with E-state index in [-0.39, 0.29) is 18.4 Å². The number of rotatable bonds is 2. The highest BCUT2D eigenvalue weighted by Gasteiger charge is 2.24. The SMILES string of the molecule is Cl.NCC1CN(c2ccccc2)CCN1Cl. The molecule has 16 heavy (non-hydrogen) atoms. The Labute approximate surface area is 108 Å². The Morgan fingerprint density at radius 3 is 2.56 bits per heavy atom. The number of benzene rings is 1. The molecular weight excluding hydrogens is 245 g/mol. The summed E-state index contributed by atoms with van der Waals surface area (Å²) in [5.74, 6) is 0. The summed E-state index contributed by atoms with van der Waals surface area (Å²) < 4.78 is 1.82. The number of piperazine rings is 1. The molecule has 1 atom stereocenters. The lowest BCUT2D eigenvalue weighted by Crippen LogP contribution is -2.52. The van der Waals surface area contributed by atoms with E-state index in [1.165, 1.54) is 5.69 Å². The van der Waals surface area contributed by atoms with Gasteiger partial charge >= 0.3 is 0 Å². The van der Waals surface area contributed by atoms with E-state index >= 15 is 0 Å². The first-order chi connectivity index (χ1) is 7.31. The van der Waals surface area contributed by atoms with Crippen molar-refractivity contribution in [2.24, 2.45) is 5.73 Å². The Kier molecular flexibility index (Phi) is 5.35. The maximum absolute atomic E-state index is 6.06. The number of halogens is 2. The number of anilines is 1. The van der Waals surface area contributed by atoms with Gasteiger partial charge in [-0.05, 0) is 23.9 Å². The first-order valence-corrected chi connectivity index (χ1v) is 5.57. The molecule has 1 aliphatic heterocycles. The molecule has 1 saturated heterocycles. The molecule has 1 aromatic carbocycles. The molecule has 0 aliphatic carbocycles. The minimum Gasteiger partial charge on any atom is -0.369 e. The van der Waals surface area contributed by atoms with Gasteiger partial charge in [0.1, 0.15) is 0 Å². The lowest BCUT2D eigenvalue weighted by molar-refractivity contribution is 0.310. The highest BCUT2D eigenvalue weighted by molar-refractivity contribution is 6.13. The van der Waals surface area contributed by atoms with Crippen molar-refractivity contribution in [3.05, 3.63) is 30.3 Å². The second kappa shape index (κ2) is 6.30. The van der Waals surface area contributed by atoms with Gasteiger partial charge in [0, 0.05) is 31.9 Å². The predicted octanol–water partition coefficient (Wildman–Crippen LogP) is 1.71. The molecule has 1 aromatic rings. The zero-order valence-corrected chi connectivity index (χ0v) is 10.6. The van der Waals surface area contributed by atoms with Crippen molar-refractivity contribution >= 4 is 29.9 Å². The second-order valence-electron chi connectivity index (χ2n) is 3.79. The van der Waals surface area contributed by atoms with E-state index in [2.05, 4.69) is 29.2 Å². The Hall–Kier alpha value is -0.480. The van der Waals surface area contributed by atoms with Crippen LogP contribution in [-0.2, 0) is 0 Å². The fraction of sp³-hybridized carbons (Fsp3) is 0.455. The molecule has 1 aliphatic rings. The maximum atomic E-state index is 6.06. The van der Waals surface area contributed by atoms with E-state index in [1.807, 2.05) is 10.5 Å². The van der Waals surface area contributed by atoms with Crippen LogP contribution in [-0.4, -0.2) is 36.6 Å². The fourth-order valence-electron chi connectivity index (χ4n) is 1.90. The normalized spacial score (nSPS) is 21.6. The Balaban J connectivity index is 0.00000128. The highest BCUT2D eigenvalue weighted by atomic mass is 35.5. The van der Waals surface area contributed by atoms with Crippen molar-refractivity contribution in [2.75, 3.05) is 31.1 Å². The molecule has 0 aromatic heterocycles. The van der Waals surface area contributed by atoms with Crippen molar-refractivity contribution in [1.29, 1.82) is 0 Å². The molecule has 0 radical (unpaired) electrons. The van der Waals surface area contributed by atoms with Crippen LogP contribution in [0.15, 0.2) is 30.3 Å². The number of para-hydroxylation sites is 1. The van der Waals surface area contributed by atoms with Gasteiger partial charge in [-0.2, -0.15) is 0 Å². The molecule has 1 unspecified atom stereocenters. The second-order valence-corrected chi connectivity index (χ2v) is 4.23. The van der Waals surface area contributed by atoms with Crippen molar-refractivity contribution in [1.82, 2.24) is 4.42 Å². The van der Waals surface area contributed by atoms with Crippen LogP contribution in [0.1, 0.15) is 0 Å². The largest absolute Gasteiger partial charge is 0.369 e. The summed E-state index contributed by atoms with van der Waals surface area (Å²) in [6, 6.07) is 10.6. The van der Waals surface area contributed by atoms with E-state index in [1.54, 1.807) is 0 Å². The molecular formula is C11H17Cl2N3. The maximum Gasteiger partial charge on any atom is 0.0549 e. The zero-order valence-electron chi connectivity index (χ0n) is 9.05. The fourth-order valence-corrected chi connectivity index (χ4v) is 2.11. The van der Waals surface area contributed by atoms with Gasteiger partial charge in [-0.3, -0.25) is 0 Å². The van der Waals surface area contributed by atoms with Crippen LogP contribution in [0.3, 0.4) is 0 Å². The van der Waals surface area contributed by atoms with Crippen LogP contribution in [0, 0.1) is 0 Å². The molecule has 0 amide bonds. The van der Waals surface area contributed by atoms with Gasteiger partial charge in [0.05, 0.1) is 6.04 Å². The van der Waals surface area contributed by atoms with Gasteiger partial charge in [-0.1, -0.05) is 18.2 Å². The molecule has 1 heterocycles. The topological polar surface area (TPSA) is 32.5 Å². The first kappa shape index (κ1) is 13.6. The van der Waals surface area contributed by atoms with Crippen LogP contribution in [0.4, 0.5) is 5.69 Å². The lowest BCUT2D eigenvalue weighted by Gasteiger charge is -2.38. The molecule has 90 valence electrons. The highest BCUT2D eigenvalue weighted by Crippen LogP contribution is 2.19. The Bertz CT molecular complexity index is 307. The molecule has 0 spiro atoms. The van der Waals surface area contributed by atoms with Crippen LogP contribution in [0.2, 0.25) is 0 Å². The van der Waals surface area contributed by atoms with E-state index in [9.17, 15) is 0 Å². The molecule has 2 N–H and O–H groups in total.